The first-order valence-corrected chi connectivity index (χ1v) is 9.79. The van der Waals surface area contributed by atoms with Crippen molar-refractivity contribution in [3.8, 4) is 0 Å². The molecule has 3 saturated carbocycles. The van der Waals surface area contributed by atoms with Gasteiger partial charge in [-0.2, -0.15) is 0 Å². The molecule has 0 aromatic rings. The summed E-state index contributed by atoms with van der Waals surface area (Å²) in [6, 6.07) is 0. The number of fused-ring (bicyclic) bond motifs is 3. The lowest BCUT2D eigenvalue weighted by molar-refractivity contribution is -0.111. The standard InChI is InChI=1S/C22H26O4/c1-12-8-16-15-5-4-13-9-14(24)6-7-21(13,3)22(15)18(26-22)10-20(16,2)19(12)17(25)11-23/h6-7,9,11-12,15-16,18,25H,4-5,8,10H2,1-3H3/b19-17-/t12-,15-,16-,18-,20-,21-,22+/m0/s1. The number of epoxide rings is 1. The first-order chi connectivity index (χ1) is 12.3. The maximum atomic E-state index is 11.9. The minimum absolute atomic E-state index is 0.0681. The molecule has 0 amide bonds. The summed E-state index contributed by atoms with van der Waals surface area (Å²) in [6.45, 7) is 6.58. The number of carbonyl (C=O) groups excluding carboxylic acids is 2. The van der Waals surface area contributed by atoms with E-state index in [2.05, 4.69) is 26.8 Å². The van der Waals surface area contributed by atoms with Crippen molar-refractivity contribution in [2.45, 2.75) is 58.2 Å². The Balaban J connectivity index is 1.62. The summed E-state index contributed by atoms with van der Waals surface area (Å²) in [5.41, 5.74) is 1.54. The van der Waals surface area contributed by atoms with Crippen LogP contribution in [0.15, 0.2) is 35.1 Å². The average Bonchev–Trinajstić information content (AvgIpc) is 3.24. The van der Waals surface area contributed by atoms with Crippen LogP contribution in [0.1, 0.15) is 46.5 Å². The number of hydrogen-bond donors (Lipinski definition) is 1. The lowest BCUT2D eigenvalue weighted by atomic mass is 9.48. The van der Waals surface area contributed by atoms with Gasteiger partial charge < -0.3 is 9.84 Å². The van der Waals surface area contributed by atoms with Gasteiger partial charge in [0.15, 0.2) is 17.8 Å². The van der Waals surface area contributed by atoms with Crippen molar-refractivity contribution in [1.82, 2.24) is 0 Å². The highest BCUT2D eigenvalue weighted by atomic mass is 16.6. The van der Waals surface area contributed by atoms with Crippen molar-refractivity contribution in [2.75, 3.05) is 0 Å². The second-order valence-electron chi connectivity index (χ2n) is 9.43. The molecule has 26 heavy (non-hydrogen) atoms. The first-order valence-electron chi connectivity index (χ1n) is 9.79. The fourth-order valence-corrected chi connectivity index (χ4v) is 7.41. The van der Waals surface area contributed by atoms with Gasteiger partial charge in [-0.3, -0.25) is 9.59 Å². The number of allylic oxidation sites excluding steroid dienone is 4. The van der Waals surface area contributed by atoms with Gasteiger partial charge in [0.1, 0.15) is 5.60 Å². The van der Waals surface area contributed by atoms with Crippen LogP contribution in [0, 0.1) is 28.6 Å². The van der Waals surface area contributed by atoms with Crippen LogP contribution in [0.4, 0.5) is 0 Å². The molecule has 5 rings (SSSR count). The zero-order valence-electron chi connectivity index (χ0n) is 15.6. The van der Waals surface area contributed by atoms with Crippen molar-refractivity contribution >= 4 is 12.1 Å². The molecule has 0 bridgehead atoms. The van der Waals surface area contributed by atoms with Crippen LogP contribution in [0.3, 0.4) is 0 Å². The minimum Gasteiger partial charge on any atom is -0.505 e. The van der Waals surface area contributed by atoms with Gasteiger partial charge in [0.25, 0.3) is 0 Å². The highest BCUT2D eigenvalue weighted by Crippen LogP contribution is 2.75. The molecule has 5 aliphatic rings. The number of carbonyl (C=O) groups is 2. The maximum Gasteiger partial charge on any atom is 0.184 e. The monoisotopic (exact) mass is 354 g/mol. The summed E-state index contributed by atoms with van der Waals surface area (Å²) in [6.07, 6.45) is 10.1. The zero-order valence-corrected chi connectivity index (χ0v) is 15.6. The summed E-state index contributed by atoms with van der Waals surface area (Å²) >= 11 is 0. The van der Waals surface area contributed by atoms with Crippen LogP contribution in [-0.4, -0.2) is 28.9 Å². The SMILES string of the molecule is C[C@H]1C[C@H]2[C@@H]3CCC4=CC(=O)C=C[C@]4(C)[C@@]34O[C@H]4C[C@]2(C)/C1=C(\O)C=O. The Kier molecular flexibility index (Phi) is 3.03. The topological polar surface area (TPSA) is 66.9 Å². The van der Waals surface area contributed by atoms with Crippen LogP contribution >= 0.6 is 0 Å². The second-order valence-corrected chi connectivity index (χ2v) is 9.43. The van der Waals surface area contributed by atoms with Crippen molar-refractivity contribution in [2.24, 2.45) is 28.6 Å². The molecule has 1 aliphatic heterocycles. The number of aliphatic hydroxyl groups is 1. The Morgan fingerprint density at radius 1 is 1.35 bits per heavy atom. The Labute approximate surface area is 154 Å². The Morgan fingerprint density at radius 3 is 2.85 bits per heavy atom. The molecule has 7 atom stereocenters. The predicted molar refractivity (Wildman–Crippen MR) is 96.4 cm³/mol. The normalized spacial score (nSPS) is 53.0. The lowest BCUT2D eigenvalue weighted by Gasteiger charge is -2.53. The average molecular weight is 354 g/mol. The summed E-state index contributed by atoms with van der Waals surface area (Å²) < 4.78 is 6.48. The maximum absolute atomic E-state index is 11.9. The van der Waals surface area contributed by atoms with Crippen LogP contribution in [0.2, 0.25) is 0 Å². The van der Waals surface area contributed by atoms with Crippen molar-refractivity contribution in [3.63, 3.8) is 0 Å². The van der Waals surface area contributed by atoms with Crippen LogP contribution in [0.5, 0.6) is 0 Å². The van der Waals surface area contributed by atoms with Gasteiger partial charge in [0.05, 0.1) is 6.10 Å². The zero-order chi connectivity index (χ0) is 18.5. The Bertz CT molecular complexity index is 820. The molecule has 4 aliphatic carbocycles. The van der Waals surface area contributed by atoms with Crippen molar-refractivity contribution < 1.29 is 19.4 Å². The van der Waals surface area contributed by atoms with Gasteiger partial charge >= 0.3 is 0 Å². The molecule has 1 N–H and O–H groups in total. The number of ether oxygens (including phenoxy) is 1. The fourth-order valence-electron chi connectivity index (χ4n) is 7.41. The number of rotatable bonds is 1. The molecule has 1 spiro atoms. The highest BCUT2D eigenvalue weighted by Gasteiger charge is 2.78. The van der Waals surface area contributed by atoms with E-state index in [0.29, 0.717) is 18.1 Å². The van der Waals surface area contributed by atoms with Gasteiger partial charge in [-0.1, -0.05) is 25.5 Å². The fraction of sp³-hybridized carbons (Fsp3) is 0.636. The van der Waals surface area contributed by atoms with E-state index in [0.717, 1.165) is 31.3 Å². The summed E-state index contributed by atoms with van der Waals surface area (Å²) in [4.78, 5) is 23.2. The summed E-state index contributed by atoms with van der Waals surface area (Å²) in [7, 11) is 0. The van der Waals surface area contributed by atoms with Crippen LogP contribution in [-0.2, 0) is 14.3 Å². The number of hydrogen-bond acceptors (Lipinski definition) is 4. The van der Waals surface area contributed by atoms with E-state index in [1.165, 1.54) is 5.57 Å². The van der Waals surface area contributed by atoms with E-state index >= 15 is 0 Å². The molecule has 0 radical (unpaired) electrons. The quantitative estimate of drug-likeness (QED) is 0.338. The molecule has 4 fully saturated rings. The number of aliphatic hydroxyl groups excluding tert-OH is 1. The molecule has 0 aromatic heterocycles. The third-order valence-corrected chi connectivity index (χ3v) is 8.43. The molecule has 1 heterocycles. The van der Waals surface area contributed by atoms with Gasteiger partial charge in [0.2, 0.25) is 0 Å². The molecule has 4 nitrogen and oxygen atoms in total. The molecule has 138 valence electrons. The molecule has 4 heteroatoms. The van der Waals surface area contributed by atoms with Gasteiger partial charge in [-0.25, -0.2) is 0 Å². The number of ketones is 1. The van der Waals surface area contributed by atoms with Gasteiger partial charge in [-0.15, -0.1) is 0 Å². The van der Waals surface area contributed by atoms with E-state index in [1.807, 2.05) is 6.08 Å². The van der Waals surface area contributed by atoms with Gasteiger partial charge in [0, 0.05) is 5.41 Å². The predicted octanol–water partition coefficient (Wildman–Crippen LogP) is 3.68. The molecule has 1 saturated heterocycles. The third kappa shape index (κ3) is 1.65. The summed E-state index contributed by atoms with van der Waals surface area (Å²) in [5.74, 6) is 1.03. The Hall–Kier alpha value is -1.68. The van der Waals surface area contributed by atoms with Crippen LogP contribution < -0.4 is 0 Å². The Morgan fingerprint density at radius 2 is 2.12 bits per heavy atom. The number of aldehydes is 1. The van der Waals surface area contributed by atoms with E-state index in [9.17, 15) is 14.7 Å². The van der Waals surface area contributed by atoms with E-state index in [4.69, 9.17) is 4.74 Å². The van der Waals surface area contributed by atoms with E-state index < -0.39 is 0 Å². The van der Waals surface area contributed by atoms with Crippen molar-refractivity contribution in [1.29, 1.82) is 0 Å². The minimum atomic E-state index is -0.218. The van der Waals surface area contributed by atoms with E-state index in [-0.39, 0.29) is 40.0 Å². The molecular weight excluding hydrogens is 328 g/mol. The molecule has 0 unspecified atom stereocenters. The lowest BCUT2D eigenvalue weighted by Crippen LogP contribution is -2.56. The third-order valence-electron chi connectivity index (χ3n) is 8.43. The second kappa shape index (κ2) is 4.78. The first kappa shape index (κ1) is 16.5. The smallest absolute Gasteiger partial charge is 0.184 e. The highest BCUT2D eigenvalue weighted by molar-refractivity contribution is 6.01. The van der Waals surface area contributed by atoms with Crippen molar-refractivity contribution in [3.05, 3.63) is 35.1 Å². The van der Waals surface area contributed by atoms with Crippen LogP contribution in [0.25, 0.3) is 0 Å². The largest absolute Gasteiger partial charge is 0.505 e. The summed E-state index contributed by atoms with van der Waals surface area (Å²) in [5, 5.41) is 10.3. The molecular formula is C22H26O4. The molecule has 0 aromatic carbocycles. The van der Waals surface area contributed by atoms with Gasteiger partial charge in [-0.05, 0) is 73.5 Å². The van der Waals surface area contributed by atoms with E-state index in [1.54, 1.807) is 6.08 Å².